The third-order valence-electron chi connectivity index (χ3n) is 3.00. The molecular weight excluding hydrogens is 278 g/mol. The lowest BCUT2D eigenvalue weighted by Gasteiger charge is -2.09. The lowest BCUT2D eigenvalue weighted by atomic mass is 10.2. The van der Waals surface area contributed by atoms with E-state index in [4.69, 9.17) is 4.74 Å². The van der Waals surface area contributed by atoms with Crippen molar-refractivity contribution in [2.75, 3.05) is 6.61 Å². The van der Waals surface area contributed by atoms with Gasteiger partial charge in [-0.1, -0.05) is 18.2 Å². The van der Waals surface area contributed by atoms with Crippen molar-refractivity contribution in [2.24, 2.45) is 0 Å². The van der Waals surface area contributed by atoms with Gasteiger partial charge in [-0.25, -0.2) is 13.2 Å². The molecule has 1 aromatic carbocycles. The fourth-order valence-corrected chi connectivity index (χ4v) is 3.28. The van der Waals surface area contributed by atoms with Crippen LogP contribution in [0.25, 0.3) is 0 Å². The highest BCUT2D eigenvalue weighted by molar-refractivity contribution is 7.94. The van der Waals surface area contributed by atoms with Gasteiger partial charge in [-0.3, -0.25) is 0 Å². The molecule has 0 aliphatic carbocycles. The van der Waals surface area contributed by atoms with Gasteiger partial charge in [0.25, 0.3) is 0 Å². The van der Waals surface area contributed by atoms with Gasteiger partial charge in [0, 0.05) is 5.70 Å². The lowest BCUT2D eigenvalue weighted by molar-refractivity contribution is -0.145. The molecule has 0 radical (unpaired) electrons. The van der Waals surface area contributed by atoms with Crippen LogP contribution in [0.5, 0.6) is 0 Å². The van der Waals surface area contributed by atoms with Crippen LogP contribution in [-0.2, 0) is 19.4 Å². The van der Waals surface area contributed by atoms with Crippen molar-refractivity contribution in [3.63, 3.8) is 0 Å². The number of ether oxygens (including phenoxy) is 1. The number of nitrogens with one attached hydrogen (secondary N) is 1. The number of esters is 1. The van der Waals surface area contributed by atoms with E-state index in [1.165, 1.54) is 5.41 Å². The molecule has 1 N–H and O–H groups in total. The van der Waals surface area contributed by atoms with Crippen molar-refractivity contribution in [3.8, 4) is 0 Å². The molecule has 1 saturated heterocycles. The molecule has 1 aliphatic rings. The molecule has 5 nitrogen and oxygen atoms in total. The summed E-state index contributed by atoms with van der Waals surface area (Å²) in [5, 5.41) is 4.10. The van der Waals surface area contributed by atoms with E-state index in [0.717, 1.165) is 0 Å². The molecule has 2 rings (SSSR count). The van der Waals surface area contributed by atoms with Crippen LogP contribution >= 0.6 is 0 Å². The van der Waals surface area contributed by atoms with Gasteiger partial charge >= 0.3 is 5.97 Å². The number of carbonyl (C=O) groups excluding carboxylic acids is 1. The van der Waals surface area contributed by atoms with Crippen molar-refractivity contribution in [1.29, 1.82) is 0 Å². The van der Waals surface area contributed by atoms with E-state index in [-0.39, 0.29) is 10.9 Å². The Kier molecular flexibility index (Phi) is 4.44. The highest BCUT2D eigenvalue weighted by Gasteiger charge is 2.27. The molecule has 20 heavy (non-hydrogen) atoms. The van der Waals surface area contributed by atoms with E-state index < -0.39 is 15.9 Å². The van der Waals surface area contributed by atoms with Gasteiger partial charge in [0.05, 0.1) is 16.9 Å². The molecule has 0 unspecified atom stereocenters. The van der Waals surface area contributed by atoms with Crippen LogP contribution in [0.3, 0.4) is 0 Å². The number of hydrogen-bond acceptors (Lipinski definition) is 5. The van der Waals surface area contributed by atoms with Gasteiger partial charge in [0.2, 0.25) is 9.84 Å². The SMILES string of the molecule is CCOC(=O)[C@@H]1CC/C(=C/S(=O)(=O)c2ccccc2)N1. The summed E-state index contributed by atoms with van der Waals surface area (Å²) in [6.07, 6.45) is 1.07. The molecule has 0 bridgehead atoms. The Balaban J connectivity index is 2.12. The first kappa shape index (κ1) is 14.6. The van der Waals surface area contributed by atoms with E-state index in [9.17, 15) is 13.2 Å². The van der Waals surface area contributed by atoms with Crippen LogP contribution in [-0.4, -0.2) is 27.0 Å². The van der Waals surface area contributed by atoms with Crippen molar-refractivity contribution in [2.45, 2.75) is 30.7 Å². The lowest BCUT2D eigenvalue weighted by Crippen LogP contribution is -2.31. The Morgan fingerprint density at radius 2 is 2.10 bits per heavy atom. The number of rotatable bonds is 4. The summed E-state index contributed by atoms with van der Waals surface area (Å²) >= 11 is 0. The minimum atomic E-state index is -3.48. The third kappa shape index (κ3) is 3.39. The zero-order valence-electron chi connectivity index (χ0n) is 11.2. The van der Waals surface area contributed by atoms with Gasteiger partial charge in [0.1, 0.15) is 6.04 Å². The van der Waals surface area contributed by atoms with Gasteiger partial charge in [-0.15, -0.1) is 0 Å². The predicted molar refractivity (Wildman–Crippen MR) is 74.5 cm³/mol. The predicted octanol–water partition coefficient (Wildman–Crippen LogP) is 1.62. The molecule has 108 valence electrons. The van der Waals surface area contributed by atoms with Crippen molar-refractivity contribution in [3.05, 3.63) is 41.4 Å². The smallest absolute Gasteiger partial charge is 0.328 e. The van der Waals surface area contributed by atoms with E-state index in [0.29, 0.717) is 25.1 Å². The Labute approximate surface area is 118 Å². The van der Waals surface area contributed by atoms with Crippen LogP contribution in [0.15, 0.2) is 46.3 Å². The number of carbonyl (C=O) groups is 1. The molecule has 1 aliphatic heterocycles. The molecule has 1 aromatic rings. The number of benzene rings is 1. The van der Waals surface area contributed by atoms with E-state index in [1.807, 2.05) is 0 Å². The number of allylic oxidation sites excluding steroid dienone is 1. The Morgan fingerprint density at radius 1 is 1.40 bits per heavy atom. The van der Waals surface area contributed by atoms with Crippen LogP contribution in [0.2, 0.25) is 0 Å². The first-order valence-electron chi connectivity index (χ1n) is 6.47. The number of sulfone groups is 1. The Hall–Kier alpha value is -1.82. The fourth-order valence-electron chi connectivity index (χ4n) is 2.05. The summed E-state index contributed by atoms with van der Waals surface area (Å²) in [6, 6.07) is 7.75. The summed E-state index contributed by atoms with van der Waals surface area (Å²) in [7, 11) is -3.48. The van der Waals surface area contributed by atoms with Gasteiger partial charge in [-0.2, -0.15) is 0 Å². The maximum absolute atomic E-state index is 12.2. The summed E-state index contributed by atoms with van der Waals surface area (Å²) in [5.41, 5.74) is 0.548. The van der Waals surface area contributed by atoms with Crippen LogP contribution in [0, 0.1) is 0 Å². The average Bonchev–Trinajstić information content (AvgIpc) is 2.88. The molecule has 0 amide bonds. The Morgan fingerprint density at radius 3 is 2.75 bits per heavy atom. The van der Waals surface area contributed by atoms with E-state index in [1.54, 1.807) is 37.3 Å². The van der Waals surface area contributed by atoms with E-state index in [2.05, 4.69) is 5.32 Å². The average molecular weight is 295 g/mol. The fraction of sp³-hybridized carbons (Fsp3) is 0.357. The molecule has 0 spiro atoms. The monoisotopic (exact) mass is 295 g/mol. The summed E-state index contributed by atoms with van der Waals surface area (Å²) < 4.78 is 29.2. The minimum absolute atomic E-state index is 0.244. The third-order valence-corrected chi connectivity index (χ3v) is 4.53. The molecule has 6 heteroatoms. The summed E-state index contributed by atoms with van der Waals surface area (Å²) in [5.74, 6) is -0.340. The maximum atomic E-state index is 12.2. The normalized spacial score (nSPS) is 20.6. The minimum Gasteiger partial charge on any atom is -0.464 e. The zero-order chi connectivity index (χ0) is 14.6. The standard InChI is InChI=1S/C14H17NO4S/c1-2-19-14(16)13-9-8-11(15-13)10-20(17,18)12-6-4-3-5-7-12/h3-7,10,13,15H,2,8-9H2,1H3/b11-10-/t13-/m0/s1. The molecular formula is C14H17NO4S. The zero-order valence-corrected chi connectivity index (χ0v) is 12.0. The highest BCUT2D eigenvalue weighted by Crippen LogP contribution is 2.20. The molecule has 1 heterocycles. The molecule has 1 atom stereocenters. The van der Waals surface area contributed by atoms with Crippen LogP contribution in [0.1, 0.15) is 19.8 Å². The number of hydrogen-bond donors (Lipinski definition) is 1. The summed E-state index contributed by atoms with van der Waals surface area (Å²) in [6.45, 7) is 2.06. The second-order valence-electron chi connectivity index (χ2n) is 4.49. The van der Waals surface area contributed by atoms with Crippen molar-refractivity contribution in [1.82, 2.24) is 5.32 Å². The second-order valence-corrected chi connectivity index (χ2v) is 6.29. The Bertz CT molecular complexity index is 607. The quantitative estimate of drug-likeness (QED) is 0.855. The molecule has 0 aromatic heterocycles. The first-order chi connectivity index (χ1) is 9.53. The highest BCUT2D eigenvalue weighted by atomic mass is 32.2. The second kappa shape index (κ2) is 6.09. The van der Waals surface area contributed by atoms with E-state index >= 15 is 0 Å². The van der Waals surface area contributed by atoms with Gasteiger partial charge in [0.15, 0.2) is 0 Å². The van der Waals surface area contributed by atoms with Crippen molar-refractivity contribution < 1.29 is 17.9 Å². The van der Waals surface area contributed by atoms with Crippen LogP contribution < -0.4 is 5.32 Å². The largest absolute Gasteiger partial charge is 0.464 e. The van der Waals surface area contributed by atoms with Gasteiger partial charge < -0.3 is 10.1 Å². The van der Waals surface area contributed by atoms with Crippen molar-refractivity contribution >= 4 is 15.8 Å². The maximum Gasteiger partial charge on any atom is 0.328 e. The van der Waals surface area contributed by atoms with Gasteiger partial charge in [-0.05, 0) is 31.9 Å². The first-order valence-corrected chi connectivity index (χ1v) is 8.01. The molecule has 1 fully saturated rings. The summed E-state index contributed by atoms with van der Waals surface area (Å²) in [4.78, 5) is 11.8. The van der Waals surface area contributed by atoms with Crippen LogP contribution in [0.4, 0.5) is 0 Å². The topological polar surface area (TPSA) is 72.5 Å². The molecule has 0 saturated carbocycles.